The van der Waals surface area contributed by atoms with Crippen LogP contribution in [0.4, 0.5) is 19.0 Å². The predicted octanol–water partition coefficient (Wildman–Crippen LogP) is 5.26. The lowest BCUT2D eigenvalue weighted by atomic mass is 9.96. The van der Waals surface area contributed by atoms with Gasteiger partial charge in [-0.25, -0.2) is 13.2 Å². The van der Waals surface area contributed by atoms with Gasteiger partial charge in [0.2, 0.25) is 0 Å². The van der Waals surface area contributed by atoms with E-state index in [1.807, 2.05) is 4.90 Å². The summed E-state index contributed by atoms with van der Waals surface area (Å²) in [5, 5.41) is 14.2. The average Bonchev–Trinajstić information content (AvgIpc) is 3.91. The van der Waals surface area contributed by atoms with E-state index in [0.717, 1.165) is 45.3 Å². The minimum absolute atomic E-state index is 0.0325. The van der Waals surface area contributed by atoms with Crippen LogP contribution in [0.25, 0.3) is 32.9 Å². The number of terminal acetylenes is 1. The van der Waals surface area contributed by atoms with Gasteiger partial charge in [-0.1, -0.05) is 18.6 Å². The zero-order valence-corrected chi connectivity index (χ0v) is 27.5. The Labute approximate surface area is 287 Å². The third kappa shape index (κ3) is 6.78. The molecule has 2 N–H and O–H groups in total. The van der Waals surface area contributed by atoms with Gasteiger partial charge in [-0.2, -0.15) is 9.97 Å². The monoisotopic (exact) mass is 686 g/mol. The number of hydrogen-bond acceptors (Lipinski definition) is 9. The summed E-state index contributed by atoms with van der Waals surface area (Å²) in [4.78, 5) is 30.2. The number of nitrogens with one attached hydrogen (secondary N) is 1. The average molecular weight is 687 g/mol. The number of phenolic OH excluding ortho intramolecular Hbond substituents is 1. The number of hydrogen-bond donors (Lipinski definition) is 2. The van der Waals surface area contributed by atoms with Crippen molar-refractivity contribution >= 4 is 33.4 Å². The summed E-state index contributed by atoms with van der Waals surface area (Å²) in [5.41, 5.74) is -0.355. The predicted molar refractivity (Wildman–Crippen MR) is 182 cm³/mol. The topological polar surface area (TPSA) is 113 Å². The molecule has 0 bridgehead atoms. The van der Waals surface area contributed by atoms with Gasteiger partial charge in [0.25, 0.3) is 5.91 Å². The Morgan fingerprint density at radius 2 is 1.98 bits per heavy atom. The first-order chi connectivity index (χ1) is 24.1. The fourth-order valence-corrected chi connectivity index (χ4v) is 6.96. The van der Waals surface area contributed by atoms with Crippen LogP contribution in [0.1, 0.15) is 37.7 Å². The molecule has 3 fully saturated rings. The van der Waals surface area contributed by atoms with Crippen LogP contribution in [0.2, 0.25) is 0 Å². The van der Waals surface area contributed by atoms with Crippen LogP contribution in [0, 0.1) is 29.4 Å². The number of anilines is 1. The van der Waals surface area contributed by atoms with E-state index in [0.29, 0.717) is 44.0 Å². The SMILES string of the molecule is C#Cc1c(F)ccc2cc(O)cc(-c3ncc4c(N5CCCC[C@H](NC(=O)C(=C)F)C5)nc(OCC5(CN6CCOCC6)CC5)nc4c3F)c12. The van der Waals surface area contributed by atoms with Gasteiger partial charge in [0.05, 0.1) is 30.8 Å². The largest absolute Gasteiger partial charge is 0.508 e. The normalized spacial score (nSPS) is 19.2. The number of halogens is 3. The van der Waals surface area contributed by atoms with Gasteiger partial charge in [-0.3, -0.25) is 14.7 Å². The summed E-state index contributed by atoms with van der Waals surface area (Å²) in [5.74, 6) is -0.955. The molecule has 0 radical (unpaired) electrons. The van der Waals surface area contributed by atoms with E-state index < -0.39 is 29.4 Å². The number of aromatic hydroxyl groups is 1. The molecule has 1 aliphatic carbocycles. The second kappa shape index (κ2) is 13.8. The molecule has 3 aliphatic rings. The summed E-state index contributed by atoms with van der Waals surface area (Å²) >= 11 is 0. The van der Waals surface area contributed by atoms with E-state index in [1.54, 1.807) is 0 Å². The van der Waals surface area contributed by atoms with Gasteiger partial charge in [0.1, 0.15) is 28.6 Å². The zero-order valence-electron chi connectivity index (χ0n) is 27.5. The molecule has 13 heteroatoms. The summed E-state index contributed by atoms with van der Waals surface area (Å²) in [7, 11) is 0. The molecule has 2 saturated heterocycles. The lowest BCUT2D eigenvalue weighted by molar-refractivity contribution is -0.119. The van der Waals surface area contributed by atoms with Gasteiger partial charge in [0, 0.05) is 61.3 Å². The van der Waals surface area contributed by atoms with Crippen molar-refractivity contribution in [2.24, 2.45) is 5.41 Å². The summed E-state index contributed by atoms with van der Waals surface area (Å²) in [6.45, 7) is 8.10. The van der Waals surface area contributed by atoms with Gasteiger partial charge < -0.3 is 24.8 Å². The van der Waals surface area contributed by atoms with Crippen molar-refractivity contribution in [1.29, 1.82) is 0 Å². The molecule has 0 unspecified atom stereocenters. The number of nitrogens with zero attached hydrogens (tertiary/aromatic N) is 5. The molecule has 2 aromatic carbocycles. The Kier molecular flexibility index (Phi) is 9.24. The van der Waals surface area contributed by atoms with E-state index in [4.69, 9.17) is 20.9 Å². The quantitative estimate of drug-likeness (QED) is 0.180. The van der Waals surface area contributed by atoms with E-state index in [1.165, 1.54) is 30.5 Å². The first-order valence-corrected chi connectivity index (χ1v) is 16.8. The maximum atomic E-state index is 16.9. The number of carbonyl (C=O) groups excluding carboxylic acids is 1. The molecular weight excluding hydrogens is 649 g/mol. The number of amides is 1. The lowest BCUT2D eigenvalue weighted by Crippen LogP contribution is -2.43. The molecule has 0 spiro atoms. The highest BCUT2D eigenvalue weighted by Crippen LogP contribution is 2.47. The van der Waals surface area contributed by atoms with Gasteiger partial charge in [-0.05, 0) is 55.7 Å². The Hall–Kier alpha value is -4.93. The van der Waals surface area contributed by atoms with Crippen LogP contribution in [0.5, 0.6) is 11.8 Å². The number of fused-ring (bicyclic) bond motifs is 2. The number of morpholine rings is 1. The van der Waals surface area contributed by atoms with Crippen molar-refractivity contribution in [2.75, 3.05) is 57.4 Å². The molecule has 1 atom stereocenters. The molecule has 1 saturated carbocycles. The first kappa shape index (κ1) is 33.6. The van der Waals surface area contributed by atoms with E-state index in [9.17, 15) is 18.7 Å². The smallest absolute Gasteiger partial charge is 0.319 e. The molecule has 4 heterocycles. The van der Waals surface area contributed by atoms with Crippen molar-refractivity contribution in [3.05, 3.63) is 60.1 Å². The molecule has 4 aromatic rings. The maximum Gasteiger partial charge on any atom is 0.319 e. The Morgan fingerprint density at radius 3 is 2.72 bits per heavy atom. The number of ether oxygens (including phenoxy) is 2. The van der Waals surface area contributed by atoms with Gasteiger partial charge >= 0.3 is 6.01 Å². The number of rotatable bonds is 9. The summed E-state index contributed by atoms with van der Waals surface area (Å²) in [6.07, 6.45) is 11.1. The van der Waals surface area contributed by atoms with Crippen molar-refractivity contribution < 1.29 is 32.5 Å². The molecule has 50 heavy (non-hydrogen) atoms. The van der Waals surface area contributed by atoms with E-state index in [2.05, 4.69) is 32.7 Å². The van der Waals surface area contributed by atoms with Crippen molar-refractivity contribution in [1.82, 2.24) is 25.2 Å². The first-order valence-electron chi connectivity index (χ1n) is 16.8. The Balaban J connectivity index is 1.31. The van der Waals surface area contributed by atoms with Crippen LogP contribution in [0.3, 0.4) is 0 Å². The lowest BCUT2D eigenvalue weighted by Gasteiger charge is -2.30. The zero-order chi connectivity index (χ0) is 35.0. The van der Waals surface area contributed by atoms with Crippen LogP contribution in [0.15, 0.2) is 42.9 Å². The fraction of sp³-hybridized carbons (Fsp3) is 0.405. The van der Waals surface area contributed by atoms with Crippen LogP contribution in [-0.4, -0.2) is 89.5 Å². The number of aromatic nitrogens is 3. The number of phenols is 1. The maximum absolute atomic E-state index is 16.9. The summed E-state index contributed by atoms with van der Waals surface area (Å²) < 4.78 is 57.2. The molecule has 1 amide bonds. The summed E-state index contributed by atoms with van der Waals surface area (Å²) in [6, 6.07) is 4.90. The molecular formula is C37H37F3N6O4. The van der Waals surface area contributed by atoms with Crippen LogP contribution >= 0.6 is 0 Å². The van der Waals surface area contributed by atoms with E-state index in [-0.39, 0.29) is 56.8 Å². The molecule has 2 aliphatic heterocycles. The molecule has 10 nitrogen and oxygen atoms in total. The molecule has 7 rings (SSSR count). The molecule has 260 valence electrons. The number of pyridine rings is 1. The third-order valence-electron chi connectivity index (χ3n) is 9.77. The molecule has 2 aromatic heterocycles. The minimum Gasteiger partial charge on any atom is -0.508 e. The van der Waals surface area contributed by atoms with Gasteiger partial charge in [-0.15, -0.1) is 6.42 Å². The van der Waals surface area contributed by atoms with E-state index >= 15 is 4.39 Å². The van der Waals surface area contributed by atoms with Crippen LogP contribution in [-0.2, 0) is 9.53 Å². The van der Waals surface area contributed by atoms with Crippen LogP contribution < -0.4 is 15.0 Å². The fourth-order valence-electron chi connectivity index (χ4n) is 6.96. The highest BCUT2D eigenvalue weighted by Gasteiger charge is 2.45. The second-order valence-electron chi connectivity index (χ2n) is 13.4. The van der Waals surface area contributed by atoms with Crippen molar-refractivity contribution in [3.8, 4) is 35.4 Å². The highest BCUT2D eigenvalue weighted by atomic mass is 19.1. The second-order valence-corrected chi connectivity index (χ2v) is 13.4. The van der Waals surface area contributed by atoms with Crippen molar-refractivity contribution in [2.45, 2.75) is 38.1 Å². The third-order valence-corrected chi connectivity index (χ3v) is 9.77. The van der Waals surface area contributed by atoms with Crippen molar-refractivity contribution in [3.63, 3.8) is 0 Å². The number of benzene rings is 2. The Bertz CT molecular complexity index is 2020. The number of carbonyl (C=O) groups is 1. The van der Waals surface area contributed by atoms with Gasteiger partial charge in [0.15, 0.2) is 11.6 Å². The Morgan fingerprint density at radius 1 is 1.18 bits per heavy atom. The minimum atomic E-state index is -1.08. The standard InChI is InChI=1S/C37H37F3N6O4/c1-3-26-29(39)8-7-23-16-25(47)17-27(30(23)26)32-31(40)33-28(18-41-32)34(46-11-5-4-6-24(19-46)42-35(48)22(2)38)44-36(43-33)50-21-37(9-10-37)20-45-12-14-49-15-13-45/h1,7-8,16-18,24,47H,2,4-6,9-15,19-21H2,(H,42,48)/t24-/m0/s1. The highest BCUT2D eigenvalue weighted by molar-refractivity contribution is 6.03.